The maximum absolute atomic E-state index is 9.22. The number of para-hydroxylation sites is 4. The highest BCUT2D eigenvalue weighted by atomic mass is 16.5. The van der Waals surface area contributed by atoms with E-state index in [1.54, 1.807) is 25.2 Å². The van der Waals surface area contributed by atoms with Gasteiger partial charge in [0.2, 0.25) is 0 Å². The van der Waals surface area contributed by atoms with Crippen LogP contribution in [0.1, 0.15) is 12.5 Å². The number of nitrogens with zero attached hydrogens (tertiary/aromatic N) is 3. The molecule has 0 aliphatic carbocycles. The van der Waals surface area contributed by atoms with Crippen molar-refractivity contribution in [3.63, 3.8) is 0 Å². The Morgan fingerprint density at radius 3 is 2.11 bits per heavy atom. The van der Waals surface area contributed by atoms with Gasteiger partial charge in [0, 0.05) is 0 Å². The zero-order valence-corrected chi connectivity index (χ0v) is 18.6. The molecule has 3 heterocycles. The van der Waals surface area contributed by atoms with Crippen molar-refractivity contribution in [2.24, 2.45) is 0 Å². The third-order valence-electron chi connectivity index (χ3n) is 5.80. The highest BCUT2D eigenvalue weighted by molar-refractivity contribution is 5.94. The van der Waals surface area contributed by atoms with Crippen LogP contribution in [-0.4, -0.2) is 0 Å². The van der Waals surface area contributed by atoms with Gasteiger partial charge in [-0.3, -0.25) is 4.90 Å². The van der Waals surface area contributed by atoms with Crippen LogP contribution in [0, 0.1) is 17.9 Å². The van der Waals surface area contributed by atoms with Crippen LogP contribution in [0.25, 0.3) is 10.9 Å². The molecule has 0 aromatic heterocycles. The molecule has 0 atom stereocenters. The average molecular weight is 455 g/mol. The molecular weight excluding hydrogens is 438 g/mol. The molecule has 35 heavy (non-hydrogen) atoms. The first-order valence-corrected chi connectivity index (χ1v) is 10.9. The van der Waals surface area contributed by atoms with Crippen LogP contribution in [0.5, 0.6) is 23.0 Å². The van der Waals surface area contributed by atoms with Gasteiger partial charge in [-0.1, -0.05) is 30.3 Å². The first-order chi connectivity index (χ1) is 17.1. The van der Waals surface area contributed by atoms with E-state index in [1.165, 1.54) is 0 Å². The molecular formula is C29H17N3O3. The first kappa shape index (κ1) is 20.4. The van der Waals surface area contributed by atoms with E-state index in [9.17, 15) is 5.26 Å². The fourth-order valence-electron chi connectivity index (χ4n) is 4.35. The minimum Gasteiger partial charge on any atom is -0.462 e. The van der Waals surface area contributed by atoms with Gasteiger partial charge in [-0.15, -0.1) is 0 Å². The molecule has 0 saturated carbocycles. The summed E-state index contributed by atoms with van der Waals surface area (Å²) >= 11 is 0. The standard InChI is InChI=1S/C29H17N3O3/c1-18-13-20(22(17-30)31-2)16-21(33-18)12-11-19-14-27-29-28(15-19)35-26-10-6-4-8-24(26)32(29)23-7-3-5-9-25(23)34-27/h3-16H,1H3/b12-11+,22-20-. The second-order valence-electron chi connectivity index (χ2n) is 8.11. The predicted octanol–water partition coefficient (Wildman–Crippen LogP) is 7.90. The molecule has 3 aliphatic heterocycles. The van der Waals surface area contributed by atoms with E-state index >= 15 is 0 Å². The van der Waals surface area contributed by atoms with Crippen molar-refractivity contribution in [1.29, 1.82) is 5.26 Å². The number of anilines is 3. The number of rotatable bonds is 2. The normalized spacial score (nSPS) is 16.1. The number of allylic oxidation sites excluding steroid dienone is 6. The topological polar surface area (TPSA) is 59.1 Å². The molecule has 0 radical (unpaired) electrons. The molecule has 0 bridgehead atoms. The summed E-state index contributed by atoms with van der Waals surface area (Å²) in [6.07, 6.45) is 7.06. The van der Waals surface area contributed by atoms with E-state index in [2.05, 4.69) is 9.74 Å². The molecule has 0 unspecified atom stereocenters. The summed E-state index contributed by atoms with van der Waals surface area (Å²) in [5, 5.41) is 9.22. The molecule has 0 saturated heterocycles. The SMILES string of the molecule is [C-]#[N+]/C(C#N)=C1/C=C(C)OC(/C=C/c2cc3c4c(c2)Oc2ccccc2N4c2ccccc2O3)=C1. The number of hydrogen-bond acceptors (Lipinski definition) is 5. The van der Waals surface area contributed by atoms with Gasteiger partial charge in [0.05, 0.1) is 24.0 Å². The number of benzene rings is 3. The van der Waals surface area contributed by atoms with Crippen molar-refractivity contribution in [2.45, 2.75) is 6.92 Å². The predicted molar refractivity (Wildman–Crippen MR) is 132 cm³/mol. The summed E-state index contributed by atoms with van der Waals surface area (Å²) in [5.74, 6) is 4.04. The van der Waals surface area contributed by atoms with Gasteiger partial charge in [0.25, 0.3) is 5.70 Å². The third kappa shape index (κ3) is 3.42. The summed E-state index contributed by atoms with van der Waals surface area (Å²) < 4.78 is 18.3. The first-order valence-electron chi connectivity index (χ1n) is 10.9. The van der Waals surface area contributed by atoms with E-state index in [-0.39, 0.29) is 5.70 Å². The van der Waals surface area contributed by atoms with Crippen molar-refractivity contribution in [2.75, 3.05) is 4.90 Å². The quantitative estimate of drug-likeness (QED) is 0.200. The van der Waals surface area contributed by atoms with Gasteiger partial charge in [-0.05, 0) is 72.7 Å². The zero-order chi connectivity index (χ0) is 23.9. The average Bonchev–Trinajstić information content (AvgIpc) is 2.87. The number of hydrogen-bond donors (Lipinski definition) is 0. The minimum absolute atomic E-state index is 0.0241. The molecule has 6 rings (SSSR count). The maximum Gasteiger partial charge on any atom is 0.269 e. The Bertz CT molecular complexity index is 1530. The van der Waals surface area contributed by atoms with E-state index in [0.717, 1.165) is 34.1 Å². The van der Waals surface area contributed by atoms with E-state index in [4.69, 9.17) is 20.8 Å². The molecule has 166 valence electrons. The Balaban J connectivity index is 1.43. The summed E-state index contributed by atoms with van der Waals surface area (Å²) in [5.41, 5.74) is 4.17. The van der Waals surface area contributed by atoms with Gasteiger partial charge < -0.3 is 14.2 Å². The lowest BCUT2D eigenvalue weighted by molar-refractivity contribution is 0.318. The number of fused-ring (bicyclic) bond motifs is 4. The van der Waals surface area contributed by atoms with Crippen LogP contribution in [0.15, 0.2) is 102 Å². The molecule has 3 aromatic rings. The lowest BCUT2D eigenvalue weighted by Crippen LogP contribution is -2.20. The second kappa shape index (κ2) is 7.98. The van der Waals surface area contributed by atoms with Gasteiger partial charge in [-0.2, -0.15) is 0 Å². The van der Waals surface area contributed by atoms with Crippen molar-refractivity contribution in [3.05, 3.63) is 119 Å². The van der Waals surface area contributed by atoms with Crippen LogP contribution in [0.4, 0.5) is 17.1 Å². The number of nitriles is 1. The molecule has 3 aromatic carbocycles. The molecule has 6 nitrogen and oxygen atoms in total. The molecule has 0 fully saturated rings. The van der Waals surface area contributed by atoms with Crippen LogP contribution in [0.3, 0.4) is 0 Å². The molecule has 0 spiro atoms. The molecule has 0 N–H and O–H groups in total. The monoisotopic (exact) mass is 455 g/mol. The maximum atomic E-state index is 9.22. The largest absolute Gasteiger partial charge is 0.462 e. The van der Waals surface area contributed by atoms with Crippen molar-refractivity contribution < 1.29 is 14.2 Å². The van der Waals surface area contributed by atoms with Crippen LogP contribution in [0.2, 0.25) is 0 Å². The lowest BCUT2D eigenvalue weighted by Gasteiger charge is -2.37. The van der Waals surface area contributed by atoms with Crippen LogP contribution >= 0.6 is 0 Å². The molecule has 0 amide bonds. The van der Waals surface area contributed by atoms with Crippen molar-refractivity contribution in [1.82, 2.24) is 0 Å². The lowest BCUT2D eigenvalue weighted by atomic mass is 10.0. The van der Waals surface area contributed by atoms with Crippen LogP contribution in [-0.2, 0) is 4.74 Å². The van der Waals surface area contributed by atoms with E-state index in [1.807, 2.05) is 72.8 Å². The fourth-order valence-corrected chi connectivity index (χ4v) is 4.35. The summed E-state index contributed by atoms with van der Waals surface area (Å²) in [4.78, 5) is 5.47. The Kier molecular flexibility index (Phi) is 4.66. The Morgan fingerprint density at radius 1 is 0.886 bits per heavy atom. The summed E-state index contributed by atoms with van der Waals surface area (Å²) in [7, 11) is 0. The number of ether oxygens (including phenoxy) is 3. The Hall–Kier alpha value is -5.20. The van der Waals surface area contributed by atoms with E-state index in [0.29, 0.717) is 28.6 Å². The Morgan fingerprint density at radius 2 is 1.51 bits per heavy atom. The third-order valence-corrected chi connectivity index (χ3v) is 5.80. The van der Waals surface area contributed by atoms with Gasteiger partial charge in [-0.25, -0.2) is 10.1 Å². The second-order valence-corrected chi connectivity index (χ2v) is 8.11. The molecule has 6 heteroatoms. The summed E-state index contributed by atoms with van der Waals surface area (Å²) in [6.45, 7) is 9.00. The highest BCUT2D eigenvalue weighted by Crippen LogP contribution is 2.59. The van der Waals surface area contributed by atoms with Crippen molar-refractivity contribution in [3.8, 4) is 29.1 Å². The minimum atomic E-state index is 0.0241. The van der Waals surface area contributed by atoms with Crippen molar-refractivity contribution >= 4 is 23.1 Å². The van der Waals surface area contributed by atoms with E-state index < -0.39 is 0 Å². The fraction of sp³-hybridized carbons (Fsp3) is 0.0345. The van der Waals surface area contributed by atoms with Gasteiger partial charge in [0.15, 0.2) is 23.0 Å². The van der Waals surface area contributed by atoms with Gasteiger partial charge in [0.1, 0.15) is 17.2 Å². The molecule has 3 aliphatic rings. The highest BCUT2D eigenvalue weighted by Gasteiger charge is 2.34. The van der Waals surface area contributed by atoms with Crippen LogP contribution < -0.4 is 14.4 Å². The van der Waals surface area contributed by atoms with Gasteiger partial charge >= 0.3 is 0 Å². The smallest absolute Gasteiger partial charge is 0.269 e. The zero-order valence-electron chi connectivity index (χ0n) is 18.6. The Labute approximate surface area is 202 Å². The summed E-state index contributed by atoms with van der Waals surface area (Å²) in [6, 6.07) is 21.7.